The molecule has 1 aliphatic rings. The number of ketones is 1. The number of aliphatic hydroxyl groups excluding tert-OH is 1. The number of carbonyl (C=O) groups is 3. The zero-order valence-electron chi connectivity index (χ0n) is 19.6. The third-order valence-corrected chi connectivity index (χ3v) is 5.93. The minimum absolute atomic E-state index is 0.0316. The summed E-state index contributed by atoms with van der Waals surface area (Å²) in [7, 11) is 2.67. The molecule has 1 amide bonds. The number of benzene rings is 3. The van der Waals surface area contributed by atoms with Crippen molar-refractivity contribution >= 4 is 23.3 Å². The molecule has 0 fully saturated rings. The number of anilines is 1. The third-order valence-electron chi connectivity index (χ3n) is 5.93. The van der Waals surface area contributed by atoms with E-state index in [9.17, 15) is 32.7 Å². The first-order chi connectivity index (χ1) is 17.6. The molecule has 1 aliphatic heterocycles. The lowest BCUT2D eigenvalue weighted by atomic mass is 9.92. The van der Waals surface area contributed by atoms with E-state index in [0.717, 1.165) is 29.2 Å². The molecule has 1 atom stereocenters. The van der Waals surface area contributed by atoms with Gasteiger partial charge in [-0.3, -0.25) is 14.5 Å². The molecule has 37 heavy (non-hydrogen) atoms. The topological polar surface area (TPSA) is 93.1 Å². The molecule has 1 N–H and O–H groups in total. The van der Waals surface area contributed by atoms with E-state index in [1.165, 1.54) is 62.8 Å². The maximum atomic E-state index is 13.5. The number of aliphatic hydroxyl groups is 1. The summed E-state index contributed by atoms with van der Waals surface area (Å²) >= 11 is 0. The second-order valence-electron chi connectivity index (χ2n) is 8.06. The van der Waals surface area contributed by atoms with Gasteiger partial charge in [0, 0.05) is 11.3 Å². The van der Waals surface area contributed by atoms with Crippen LogP contribution in [0.15, 0.2) is 84.1 Å². The first-order valence-corrected chi connectivity index (χ1v) is 10.9. The summed E-state index contributed by atoms with van der Waals surface area (Å²) in [4.78, 5) is 39.6. The van der Waals surface area contributed by atoms with Gasteiger partial charge < -0.3 is 14.6 Å². The van der Waals surface area contributed by atoms with Gasteiger partial charge in [-0.1, -0.05) is 12.1 Å². The molecule has 1 unspecified atom stereocenters. The van der Waals surface area contributed by atoms with E-state index in [1.807, 2.05) is 0 Å². The zero-order chi connectivity index (χ0) is 26.9. The van der Waals surface area contributed by atoms with Crippen LogP contribution >= 0.6 is 0 Å². The second kappa shape index (κ2) is 9.81. The summed E-state index contributed by atoms with van der Waals surface area (Å²) in [6, 6.07) is 14.4. The molecule has 0 saturated heterocycles. The fourth-order valence-corrected chi connectivity index (χ4v) is 4.05. The van der Waals surface area contributed by atoms with E-state index >= 15 is 0 Å². The van der Waals surface area contributed by atoms with Gasteiger partial charge in [0.25, 0.3) is 5.91 Å². The Kier molecular flexibility index (Phi) is 6.76. The number of esters is 1. The van der Waals surface area contributed by atoms with Crippen LogP contribution in [0.1, 0.15) is 37.9 Å². The highest BCUT2D eigenvalue weighted by molar-refractivity contribution is 6.21. The van der Waals surface area contributed by atoms with Gasteiger partial charge in [-0.15, -0.1) is 0 Å². The van der Waals surface area contributed by atoms with E-state index in [-0.39, 0.29) is 22.4 Å². The van der Waals surface area contributed by atoms with Gasteiger partial charge >= 0.3 is 12.1 Å². The Morgan fingerprint density at radius 2 is 1.43 bits per heavy atom. The molecule has 0 saturated carbocycles. The quantitative estimate of drug-likeness (QED) is 0.358. The summed E-state index contributed by atoms with van der Waals surface area (Å²) in [6.45, 7) is 0. The first kappa shape index (κ1) is 25.5. The zero-order valence-corrected chi connectivity index (χ0v) is 19.6. The Balaban J connectivity index is 1.82. The van der Waals surface area contributed by atoms with Crippen LogP contribution in [0.4, 0.5) is 18.9 Å². The maximum absolute atomic E-state index is 13.5. The summed E-state index contributed by atoms with van der Waals surface area (Å²) in [5, 5.41) is 10.8. The van der Waals surface area contributed by atoms with Crippen molar-refractivity contribution in [2.75, 3.05) is 19.1 Å². The lowest BCUT2D eigenvalue weighted by molar-refractivity contribution is -0.137. The number of carbonyl (C=O) groups excluding carboxylic acids is 3. The number of hydrogen-bond acceptors (Lipinski definition) is 6. The molecule has 3 aromatic rings. The Hall–Kier alpha value is -4.60. The van der Waals surface area contributed by atoms with Crippen molar-refractivity contribution in [3.63, 3.8) is 0 Å². The van der Waals surface area contributed by atoms with E-state index in [4.69, 9.17) is 9.47 Å². The molecular weight excluding hydrogens is 491 g/mol. The predicted molar refractivity (Wildman–Crippen MR) is 126 cm³/mol. The van der Waals surface area contributed by atoms with Gasteiger partial charge in [-0.2, -0.15) is 13.2 Å². The van der Waals surface area contributed by atoms with Crippen molar-refractivity contribution in [2.45, 2.75) is 12.2 Å². The molecular formula is C27H20F3NO6. The molecule has 0 radical (unpaired) electrons. The Morgan fingerprint density at radius 3 is 1.95 bits per heavy atom. The molecule has 1 heterocycles. The molecule has 3 aromatic carbocycles. The summed E-state index contributed by atoms with van der Waals surface area (Å²) in [5.74, 6) is -2.58. The number of ether oxygens (including phenoxy) is 2. The SMILES string of the molecule is COC(=O)c1ccc(C2C(C(=O)c3ccc(OC)cc3)=C(O)C(=O)N2c2ccc(C(F)(F)F)cc2)cc1. The normalized spacial score (nSPS) is 15.6. The van der Waals surface area contributed by atoms with E-state index in [2.05, 4.69) is 0 Å². The molecule has 0 bridgehead atoms. The van der Waals surface area contributed by atoms with E-state index < -0.39 is 41.2 Å². The third kappa shape index (κ3) is 4.77. The number of halogens is 3. The number of hydrogen-bond donors (Lipinski definition) is 1. The van der Waals surface area contributed by atoms with Crippen LogP contribution in [-0.2, 0) is 15.7 Å². The number of methoxy groups -OCH3 is 2. The van der Waals surface area contributed by atoms with Gasteiger partial charge in [0.2, 0.25) is 0 Å². The van der Waals surface area contributed by atoms with E-state index in [1.54, 1.807) is 0 Å². The van der Waals surface area contributed by atoms with Crippen molar-refractivity contribution in [3.05, 3.63) is 106 Å². The van der Waals surface area contributed by atoms with Crippen LogP contribution in [0.5, 0.6) is 5.75 Å². The fraction of sp³-hybridized carbons (Fsp3) is 0.148. The number of nitrogens with zero attached hydrogens (tertiary/aromatic N) is 1. The molecule has 4 rings (SSSR count). The highest BCUT2D eigenvalue weighted by Crippen LogP contribution is 2.42. The van der Waals surface area contributed by atoms with Crippen molar-refractivity contribution in [3.8, 4) is 5.75 Å². The van der Waals surface area contributed by atoms with Crippen LogP contribution in [-0.4, -0.2) is 37.0 Å². The fourth-order valence-electron chi connectivity index (χ4n) is 4.05. The largest absolute Gasteiger partial charge is 0.503 e. The standard InChI is InChI=1S/C27H20F3NO6/c1-36-20-13-7-16(8-14-20)23(32)21-22(15-3-5-17(6-4-15)26(35)37-2)31(25(34)24(21)33)19-11-9-18(10-12-19)27(28,29)30/h3-14,22,33H,1-2H3. The first-order valence-electron chi connectivity index (χ1n) is 10.9. The summed E-state index contributed by atoms with van der Waals surface area (Å²) in [5.41, 5.74) is -0.464. The average Bonchev–Trinajstić information content (AvgIpc) is 3.17. The van der Waals surface area contributed by atoms with Crippen LogP contribution in [0.25, 0.3) is 0 Å². The highest BCUT2D eigenvalue weighted by Gasteiger charge is 2.45. The van der Waals surface area contributed by atoms with Gasteiger partial charge in [0.05, 0.1) is 37.0 Å². The Bertz CT molecular complexity index is 1380. The number of Topliss-reactive ketones (excluding diaryl/α,β-unsaturated/α-hetero) is 1. The number of amides is 1. The monoisotopic (exact) mass is 511 g/mol. The minimum atomic E-state index is -4.59. The van der Waals surface area contributed by atoms with Crippen molar-refractivity contribution < 1.29 is 42.1 Å². The predicted octanol–water partition coefficient (Wildman–Crippen LogP) is 5.28. The van der Waals surface area contributed by atoms with Crippen molar-refractivity contribution in [1.29, 1.82) is 0 Å². The molecule has 10 heteroatoms. The lowest BCUT2D eigenvalue weighted by Crippen LogP contribution is -2.31. The number of alkyl halides is 3. The van der Waals surface area contributed by atoms with Crippen molar-refractivity contribution in [2.24, 2.45) is 0 Å². The highest BCUT2D eigenvalue weighted by atomic mass is 19.4. The van der Waals surface area contributed by atoms with Gasteiger partial charge in [-0.25, -0.2) is 4.79 Å². The molecule has 7 nitrogen and oxygen atoms in total. The Morgan fingerprint density at radius 1 is 0.865 bits per heavy atom. The number of rotatable bonds is 6. The molecule has 0 aromatic heterocycles. The maximum Gasteiger partial charge on any atom is 0.416 e. The van der Waals surface area contributed by atoms with Gasteiger partial charge in [0.1, 0.15) is 5.75 Å². The summed E-state index contributed by atoms with van der Waals surface area (Å²) < 4.78 is 49.1. The second-order valence-corrected chi connectivity index (χ2v) is 8.06. The van der Waals surface area contributed by atoms with Crippen LogP contribution in [0, 0.1) is 0 Å². The van der Waals surface area contributed by atoms with Crippen LogP contribution in [0.3, 0.4) is 0 Å². The van der Waals surface area contributed by atoms with Crippen LogP contribution in [0.2, 0.25) is 0 Å². The summed E-state index contributed by atoms with van der Waals surface area (Å²) in [6.07, 6.45) is -4.59. The Labute approximate surface area is 209 Å². The van der Waals surface area contributed by atoms with Crippen molar-refractivity contribution in [1.82, 2.24) is 0 Å². The van der Waals surface area contributed by atoms with Gasteiger partial charge in [-0.05, 0) is 66.2 Å². The lowest BCUT2D eigenvalue weighted by Gasteiger charge is -2.27. The van der Waals surface area contributed by atoms with E-state index in [0.29, 0.717) is 11.3 Å². The van der Waals surface area contributed by atoms with Crippen LogP contribution < -0.4 is 9.64 Å². The molecule has 190 valence electrons. The molecule has 0 aliphatic carbocycles. The average molecular weight is 511 g/mol. The molecule has 0 spiro atoms. The van der Waals surface area contributed by atoms with Gasteiger partial charge in [0.15, 0.2) is 11.5 Å². The smallest absolute Gasteiger partial charge is 0.416 e. The minimum Gasteiger partial charge on any atom is -0.503 e.